The van der Waals surface area contributed by atoms with Gasteiger partial charge in [0.2, 0.25) is 5.91 Å². The molecule has 1 fully saturated rings. The molecule has 7 nitrogen and oxygen atoms in total. The van der Waals surface area contributed by atoms with Gasteiger partial charge in [-0.1, -0.05) is 6.07 Å². The van der Waals surface area contributed by atoms with Crippen molar-refractivity contribution >= 4 is 42.3 Å². The summed E-state index contributed by atoms with van der Waals surface area (Å²) in [6, 6.07) is 7.29. The van der Waals surface area contributed by atoms with Gasteiger partial charge in [0.05, 0.1) is 6.33 Å². The fourth-order valence-electron chi connectivity index (χ4n) is 2.91. The number of carbonyl (C=O) groups is 2. The number of piperazine rings is 1. The number of aromatic nitrogens is 2. The molecule has 1 saturated heterocycles. The normalized spacial score (nSPS) is 16.0. The number of anilines is 1. The van der Waals surface area contributed by atoms with Crippen LogP contribution in [0.2, 0.25) is 0 Å². The molecule has 0 saturated carbocycles. The van der Waals surface area contributed by atoms with Crippen LogP contribution in [0.5, 0.6) is 0 Å². The Morgan fingerprint density at radius 1 is 1.33 bits per heavy atom. The van der Waals surface area contributed by atoms with Gasteiger partial charge in [0.15, 0.2) is 0 Å². The molecular formula is C18H25Cl2N5O2. The predicted octanol–water partition coefficient (Wildman–Crippen LogP) is 2.19. The summed E-state index contributed by atoms with van der Waals surface area (Å²) in [7, 11) is 0. The van der Waals surface area contributed by atoms with E-state index in [-0.39, 0.29) is 42.7 Å². The summed E-state index contributed by atoms with van der Waals surface area (Å²) < 4.78 is 1.85. The fraction of sp³-hybridized carbons (Fsp3) is 0.389. The van der Waals surface area contributed by atoms with Crippen LogP contribution in [0.15, 0.2) is 43.0 Å². The van der Waals surface area contributed by atoms with Crippen molar-refractivity contribution in [2.45, 2.75) is 25.9 Å². The average molecular weight is 414 g/mol. The molecule has 0 radical (unpaired) electrons. The molecule has 1 aromatic carbocycles. The highest BCUT2D eigenvalue weighted by Gasteiger charge is 2.24. The van der Waals surface area contributed by atoms with Gasteiger partial charge in [-0.2, -0.15) is 0 Å². The second kappa shape index (κ2) is 10.9. The number of nitrogens with zero attached hydrogens (tertiary/aromatic N) is 3. The van der Waals surface area contributed by atoms with E-state index in [9.17, 15) is 9.59 Å². The molecule has 3 rings (SSSR count). The van der Waals surface area contributed by atoms with Crippen molar-refractivity contribution in [1.29, 1.82) is 0 Å². The molecule has 9 heteroatoms. The molecule has 2 N–H and O–H groups in total. The Bertz CT molecular complexity index is 739. The number of imidazole rings is 1. The smallest absolute Gasteiger partial charge is 0.254 e. The van der Waals surface area contributed by atoms with Crippen LogP contribution in [0, 0.1) is 0 Å². The lowest BCUT2D eigenvalue weighted by Gasteiger charge is -2.34. The summed E-state index contributed by atoms with van der Waals surface area (Å²) in [5.74, 6) is -0.0858. The van der Waals surface area contributed by atoms with Crippen LogP contribution in [-0.2, 0) is 11.3 Å². The number of benzene rings is 1. The monoisotopic (exact) mass is 413 g/mol. The first kappa shape index (κ1) is 23.0. The largest absolute Gasteiger partial charge is 0.337 e. The first-order valence-electron chi connectivity index (χ1n) is 8.51. The Morgan fingerprint density at radius 2 is 2.15 bits per heavy atom. The van der Waals surface area contributed by atoms with E-state index in [0.717, 1.165) is 13.1 Å². The standard InChI is InChI=1S/C18H23N5O2.2ClH/c1-14-12-19-7-10-23(14)18(25)15-3-2-4-16(11-15)21-17(24)5-8-22-9-6-20-13-22;;/h2-4,6,9,11,13-14,19H,5,7-8,10,12H2,1H3,(H,21,24);2*1H. The van der Waals surface area contributed by atoms with Gasteiger partial charge in [0.25, 0.3) is 5.91 Å². The lowest BCUT2D eigenvalue weighted by atomic mass is 10.1. The van der Waals surface area contributed by atoms with E-state index >= 15 is 0 Å². The maximum atomic E-state index is 12.7. The van der Waals surface area contributed by atoms with Crippen LogP contribution < -0.4 is 10.6 Å². The maximum absolute atomic E-state index is 12.7. The van der Waals surface area contributed by atoms with Crippen molar-refractivity contribution < 1.29 is 9.59 Å². The molecule has 1 aromatic heterocycles. The van der Waals surface area contributed by atoms with Gasteiger partial charge in [-0.05, 0) is 25.1 Å². The lowest BCUT2D eigenvalue weighted by Crippen LogP contribution is -2.52. The molecule has 1 aliphatic rings. The van der Waals surface area contributed by atoms with Gasteiger partial charge < -0.3 is 20.1 Å². The molecule has 1 atom stereocenters. The topological polar surface area (TPSA) is 79.3 Å². The molecule has 0 aliphatic carbocycles. The number of amides is 2. The van der Waals surface area contributed by atoms with Gasteiger partial charge in [-0.15, -0.1) is 24.8 Å². The zero-order chi connectivity index (χ0) is 17.6. The van der Waals surface area contributed by atoms with Crippen LogP contribution >= 0.6 is 24.8 Å². The number of aryl methyl sites for hydroxylation is 1. The molecule has 2 aromatic rings. The summed E-state index contributed by atoms with van der Waals surface area (Å²) >= 11 is 0. The van der Waals surface area contributed by atoms with Crippen LogP contribution in [0.4, 0.5) is 5.69 Å². The highest BCUT2D eigenvalue weighted by molar-refractivity contribution is 5.97. The van der Waals surface area contributed by atoms with E-state index in [2.05, 4.69) is 15.6 Å². The Balaban J connectivity index is 0.00000182. The van der Waals surface area contributed by atoms with E-state index in [0.29, 0.717) is 30.8 Å². The first-order chi connectivity index (χ1) is 12.1. The van der Waals surface area contributed by atoms with Crippen molar-refractivity contribution in [2.75, 3.05) is 25.0 Å². The molecule has 2 heterocycles. The van der Waals surface area contributed by atoms with E-state index < -0.39 is 0 Å². The fourth-order valence-corrected chi connectivity index (χ4v) is 2.91. The quantitative estimate of drug-likeness (QED) is 0.786. The Labute approximate surface area is 171 Å². The van der Waals surface area contributed by atoms with Crippen LogP contribution in [0.1, 0.15) is 23.7 Å². The van der Waals surface area contributed by atoms with Crippen LogP contribution in [0.25, 0.3) is 0 Å². The minimum atomic E-state index is -0.0890. The summed E-state index contributed by atoms with van der Waals surface area (Å²) in [4.78, 5) is 30.6. The van der Waals surface area contributed by atoms with Crippen molar-refractivity contribution in [3.05, 3.63) is 48.5 Å². The molecule has 0 spiro atoms. The number of carbonyl (C=O) groups excluding carboxylic acids is 2. The van der Waals surface area contributed by atoms with Gasteiger partial charge in [0, 0.05) is 62.3 Å². The zero-order valence-corrected chi connectivity index (χ0v) is 16.8. The van der Waals surface area contributed by atoms with Crippen LogP contribution in [0.3, 0.4) is 0 Å². The van der Waals surface area contributed by atoms with Gasteiger partial charge in [-0.3, -0.25) is 9.59 Å². The summed E-state index contributed by atoms with van der Waals surface area (Å²) in [5.41, 5.74) is 1.24. The third-order valence-corrected chi connectivity index (χ3v) is 4.31. The van der Waals surface area contributed by atoms with Gasteiger partial charge in [-0.25, -0.2) is 4.98 Å². The van der Waals surface area contributed by atoms with Crippen molar-refractivity contribution in [1.82, 2.24) is 19.8 Å². The minimum absolute atomic E-state index is 0. The molecule has 0 bridgehead atoms. The van der Waals surface area contributed by atoms with E-state index in [1.54, 1.807) is 36.8 Å². The van der Waals surface area contributed by atoms with E-state index in [1.165, 1.54) is 0 Å². The molecule has 1 unspecified atom stereocenters. The number of hydrogen-bond donors (Lipinski definition) is 2. The van der Waals surface area contributed by atoms with Crippen LogP contribution in [-0.4, -0.2) is 51.9 Å². The summed E-state index contributed by atoms with van der Waals surface area (Å²) in [6.07, 6.45) is 5.54. The highest BCUT2D eigenvalue weighted by atomic mass is 35.5. The molecular weight excluding hydrogens is 389 g/mol. The Kier molecular flexibility index (Phi) is 9.28. The van der Waals surface area contributed by atoms with Crippen molar-refractivity contribution in [2.24, 2.45) is 0 Å². The SMILES string of the molecule is CC1CNCCN1C(=O)c1cccc(NC(=O)CCn2ccnc2)c1.Cl.Cl. The number of nitrogens with one attached hydrogen (secondary N) is 2. The third kappa shape index (κ3) is 6.23. The number of hydrogen-bond acceptors (Lipinski definition) is 4. The van der Waals surface area contributed by atoms with E-state index in [4.69, 9.17) is 0 Å². The Morgan fingerprint density at radius 3 is 2.85 bits per heavy atom. The zero-order valence-electron chi connectivity index (χ0n) is 15.1. The molecule has 148 valence electrons. The highest BCUT2D eigenvalue weighted by Crippen LogP contribution is 2.15. The third-order valence-electron chi connectivity index (χ3n) is 4.31. The van der Waals surface area contributed by atoms with Gasteiger partial charge in [0.1, 0.15) is 0 Å². The van der Waals surface area contributed by atoms with Gasteiger partial charge >= 0.3 is 0 Å². The van der Waals surface area contributed by atoms with Crippen molar-refractivity contribution in [3.8, 4) is 0 Å². The minimum Gasteiger partial charge on any atom is -0.337 e. The summed E-state index contributed by atoms with van der Waals surface area (Å²) in [6.45, 7) is 4.91. The lowest BCUT2D eigenvalue weighted by molar-refractivity contribution is -0.116. The second-order valence-electron chi connectivity index (χ2n) is 6.23. The van der Waals surface area contributed by atoms with E-state index in [1.807, 2.05) is 22.6 Å². The Hall–Kier alpha value is -2.09. The second-order valence-corrected chi connectivity index (χ2v) is 6.23. The van der Waals surface area contributed by atoms with Crippen molar-refractivity contribution in [3.63, 3.8) is 0 Å². The summed E-state index contributed by atoms with van der Waals surface area (Å²) in [5, 5.41) is 6.13. The molecule has 1 aliphatic heterocycles. The maximum Gasteiger partial charge on any atom is 0.254 e. The first-order valence-corrected chi connectivity index (χ1v) is 8.51. The molecule has 2 amide bonds. The molecule has 27 heavy (non-hydrogen) atoms. The predicted molar refractivity (Wildman–Crippen MR) is 110 cm³/mol. The number of rotatable bonds is 5. The average Bonchev–Trinajstić information content (AvgIpc) is 3.14. The number of halogens is 2.